The fourth-order valence-corrected chi connectivity index (χ4v) is 2.10. The molecule has 0 aromatic heterocycles. The molecule has 0 atom stereocenters. The summed E-state index contributed by atoms with van der Waals surface area (Å²) in [5, 5.41) is 3.16. The molecule has 2 aromatic carbocycles. The summed E-state index contributed by atoms with van der Waals surface area (Å²) in [5.74, 6) is 0.890. The van der Waals surface area contributed by atoms with E-state index in [4.69, 9.17) is 4.74 Å². The molecule has 0 spiro atoms. The van der Waals surface area contributed by atoms with E-state index in [1.807, 2.05) is 37.3 Å². The lowest BCUT2D eigenvalue weighted by atomic mass is 10.2. The van der Waals surface area contributed by atoms with E-state index >= 15 is 0 Å². The molecular formula is C15H15BrFNO. The Balaban J connectivity index is 2.17. The lowest BCUT2D eigenvalue weighted by Crippen LogP contribution is -2.11. The van der Waals surface area contributed by atoms with E-state index in [2.05, 4.69) is 21.2 Å². The maximum absolute atomic E-state index is 13.5. The first kappa shape index (κ1) is 14.0. The molecule has 1 N–H and O–H groups in total. The van der Waals surface area contributed by atoms with E-state index in [0.29, 0.717) is 18.0 Å². The highest BCUT2D eigenvalue weighted by Crippen LogP contribution is 2.25. The number of ether oxygens (including phenoxy) is 1. The third kappa shape index (κ3) is 4.33. The van der Waals surface area contributed by atoms with Crippen molar-refractivity contribution >= 4 is 15.9 Å². The second-order valence-electron chi connectivity index (χ2n) is 4.13. The first-order valence-electron chi connectivity index (χ1n) is 6.11. The maximum atomic E-state index is 13.5. The molecule has 0 aliphatic heterocycles. The second kappa shape index (κ2) is 6.68. The van der Waals surface area contributed by atoms with Crippen LogP contribution in [0.4, 0.5) is 4.39 Å². The molecule has 4 heteroatoms. The Labute approximate surface area is 120 Å². The van der Waals surface area contributed by atoms with Crippen molar-refractivity contribution in [2.45, 2.75) is 13.5 Å². The van der Waals surface area contributed by atoms with Gasteiger partial charge in [-0.2, -0.15) is 0 Å². The molecule has 100 valence electrons. The molecular weight excluding hydrogens is 309 g/mol. The first-order chi connectivity index (χ1) is 9.17. The van der Waals surface area contributed by atoms with Crippen molar-refractivity contribution in [3.05, 3.63) is 58.3 Å². The number of nitrogens with one attached hydrogen (secondary N) is 1. The summed E-state index contributed by atoms with van der Waals surface area (Å²) >= 11 is 3.37. The highest BCUT2D eigenvalue weighted by molar-refractivity contribution is 9.10. The zero-order valence-corrected chi connectivity index (χ0v) is 12.2. The molecule has 0 unspecified atom stereocenters. The van der Waals surface area contributed by atoms with Gasteiger partial charge in [-0.25, -0.2) is 4.39 Å². The Bertz CT molecular complexity index is 560. The first-order valence-corrected chi connectivity index (χ1v) is 6.90. The van der Waals surface area contributed by atoms with Gasteiger partial charge < -0.3 is 10.1 Å². The molecule has 0 saturated heterocycles. The van der Waals surface area contributed by atoms with E-state index in [9.17, 15) is 4.39 Å². The summed E-state index contributed by atoms with van der Waals surface area (Å²) in [6.45, 7) is 3.49. The van der Waals surface area contributed by atoms with E-state index in [0.717, 1.165) is 16.6 Å². The van der Waals surface area contributed by atoms with Crippen LogP contribution in [0.2, 0.25) is 0 Å². The third-order valence-electron chi connectivity index (χ3n) is 2.54. The largest absolute Gasteiger partial charge is 0.457 e. The molecule has 0 bridgehead atoms. The van der Waals surface area contributed by atoms with Crippen LogP contribution in [-0.4, -0.2) is 6.54 Å². The predicted octanol–water partition coefficient (Wildman–Crippen LogP) is 4.49. The van der Waals surface area contributed by atoms with Gasteiger partial charge in [-0.3, -0.25) is 0 Å². The highest BCUT2D eigenvalue weighted by atomic mass is 79.9. The molecule has 0 aliphatic carbocycles. The van der Waals surface area contributed by atoms with Crippen LogP contribution in [-0.2, 0) is 6.54 Å². The molecule has 0 fully saturated rings. The average Bonchev–Trinajstić information content (AvgIpc) is 2.35. The molecule has 0 aliphatic rings. The molecule has 0 amide bonds. The van der Waals surface area contributed by atoms with Gasteiger partial charge in [0.1, 0.15) is 17.3 Å². The van der Waals surface area contributed by atoms with Crippen molar-refractivity contribution in [1.29, 1.82) is 0 Å². The van der Waals surface area contributed by atoms with Crippen molar-refractivity contribution in [1.82, 2.24) is 5.32 Å². The molecule has 2 aromatic rings. The zero-order valence-electron chi connectivity index (χ0n) is 10.6. The Morgan fingerprint density at radius 2 is 2.00 bits per heavy atom. The van der Waals surface area contributed by atoms with Crippen LogP contribution in [0, 0.1) is 5.82 Å². The number of hydrogen-bond donors (Lipinski definition) is 1. The van der Waals surface area contributed by atoms with Gasteiger partial charge in [0.05, 0.1) is 0 Å². The lowest BCUT2D eigenvalue weighted by Gasteiger charge is -2.09. The molecule has 0 radical (unpaired) electrons. The number of rotatable bonds is 5. The third-order valence-corrected chi connectivity index (χ3v) is 3.04. The van der Waals surface area contributed by atoms with E-state index in [1.54, 1.807) is 0 Å². The van der Waals surface area contributed by atoms with Gasteiger partial charge in [0.25, 0.3) is 0 Å². The summed E-state index contributed by atoms with van der Waals surface area (Å²) in [6.07, 6.45) is 0. The normalized spacial score (nSPS) is 10.5. The van der Waals surface area contributed by atoms with Gasteiger partial charge in [-0.05, 0) is 42.4 Å². The summed E-state index contributed by atoms with van der Waals surface area (Å²) < 4.78 is 20.1. The molecule has 0 heterocycles. The van der Waals surface area contributed by atoms with E-state index in [1.165, 1.54) is 12.1 Å². The SMILES string of the molecule is CCNCc1cc(F)cc(Oc2cccc(Br)c2)c1. The average molecular weight is 324 g/mol. The minimum absolute atomic E-state index is 0.291. The van der Waals surface area contributed by atoms with Crippen LogP contribution in [0.1, 0.15) is 12.5 Å². The minimum Gasteiger partial charge on any atom is -0.457 e. The quantitative estimate of drug-likeness (QED) is 0.875. The Kier molecular flexibility index (Phi) is 4.93. The van der Waals surface area contributed by atoms with E-state index < -0.39 is 0 Å². The highest BCUT2D eigenvalue weighted by Gasteiger charge is 2.03. The van der Waals surface area contributed by atoms with Crippen molar-refractivity contribution in [3.63, 3.8) is 0 Å². The Hall–Kier alpha value is -1.39. The number of hydrogen-bond acceptors (Lipinski definition) is 2. The van der Waals surface area contributed by atoms with Gasteiger partial charge in [0, 0.05) is 17.1 Å². The van der Waals surface area contributed by atoms with Crippen LogP contribution in [0.25, 0.3) is 0 Å². The second-order valence-corrected chi connectivity index (χ2v) is 5.05. The summed E-state index contributed by atoms with van der Waals surface area (Å²) in [6, 6.07) is 12.2. The number of benzene rings is 2. The summed E-state index contributed by atoms with van der Waals surface area (Å²) in [4.78, 5) is 0. The minimum atomic E-state index is -0.291. The van der Waals surface area contributed by atoms with Gasteiger partial charge in [0.2, 0.25) is 0 Å². The monoisotopic (exact) mass is 323 g/mol. The topological polar surface area (TPSA) is 21.3 Å². The fourth-order valence-electron chi connectivity index (χ4n) is 1.72. The smallest absolute Gasteiger partial charge is 0.130 e. The van der Waals surface area contributed by atoms with Gasteiger partial charge in [-0.15, -0.1) is 0 Å². The van der Waals surface area contributed by atoms with Crippen LogP contribution in [0.5, 0.6) is 11.5 Å². The van der Waals surface area contributed by atoms with Gasteiger partial charge >= 0.3 is 0 Å². The molecule has 19 heavy (non-hydrogen) atoms. The molecule has 0 saturated carbocycles. The van der Waals surface area contributed by atoms with Crippen molar-refractivity contribution < 1.29 is 9.13 Å². The Morgan fingerprint density at radius 3 is 2.74 bits per heavy atom. The summed E-state index contributed by atoms with van der Waals surface area (Å²) in [7, 11) is 0. The van der Waals surface area contributed by atoms with Crippen LogP contribution >= 0.6 is 15.9 Å². The van der Waals surface area contributed by atoms with Crippen molar-refractivity contribution in [2.75, 3.05) is 6.54 Å². The standard InChI is InChI=1S/C15H15BrFNO/c1-2-18-10-11-6-13(17)9-15(7-11)19-14-5-3-4-12(16)8-14/h3-9,18H,2,10H2,1H3. The van der Waals surface area contributed by atoms with E-state index in [-0.39, 0.29) is 5.82 Å². The number of halogens is 2. The fraction of sp³-hybridized carbons (Fsp3) is 0.200. The molecule has 2 nitrogen and oxygen atoms in total. The predicted molar refractivity (Wildman–Crippen MR) is 78.0 cm³/mol. The van der Waals surface area contributed by atoms with Gasteiger partial charge in [-0.1, -0.05) is 28.9 Å². The van der Waals surface area contributed by atoms with Crippen LogP contribution < -0.4 is 10.1 Å². The Morgan fingerprint density at radius 1 is 1.16 bits per heavy atom. The molecule has 2 rings (SSSR count). The lowest BCUT2D eigenvalue weighted by molar-refractivity contribution is 0.475. The zero-order chi connectivity index (χ0) is 13.7. The van der Waals surface area contributed by atoms with Crippen molar-refractivity contribution in [2.24, 2.45) is 0 Å². The van der Waals surface area contributed by atoms with Crippen LogP contribution in [0.15, 0.2) is 46.9 Å². The summed E-state index contributed by atoms with van der Waals surface area (Å²) in [5.41, 5.74) is 0.867. The van der Waals surface area contributed by atoms with Crippen molar-refractivity contribution in [3.8, 4) is 11.5 Å². The van der Waals surface area contributed by atoms with Gasteiger partial charge in [0.15, 0.2) is 0 Å². The maximum Gasteiger partial charge on any atom is 0.130 e. The van der Waals surface area contributed by atoms with Crippen LogP contribution in [0.3, 0.4) is 0 Å².